The number of hydrogen-bond acceptors (Lipinski definition) is 3. The second kappa shape index (κ2) is 13.0. The zero-order valence-corrected chi connectivity index (χ0v) is 17.2. The average molecular weight is 380 g/mol. The van der Waals surface area contributed by atoms with Crippen LogP contribution in [-0.2, 0) is 0 Å². The van der Waals surface area contributed by atoms with E-state index in [0.717, 1.165) is 36.4 Å². The van der Waals surface area contributed by atoms with Crippen LogP contribution >= 0.6 is 0 Å². The van der Waals surface area contributed by atoms with Gasteiger partial charge in [-0.3, -0.25) is 0 Å². The molecule has 3 heteroatoms. The molecular formula is C25H33NO2. The van der Waals surface area contributed by atoms with Gasteiger partial charge in [0.1, 0.15) is 11.9 Å². The van der Waals surface area contributed by atoms with E-state index >= 15 is 0 Å². The highest BCUT2D eigenvalue weighted by Gasteiger charge is 2.05. The van der Waals surface area contributed by atoms with E-state index in [9.17, 15) is 5.11 Å². The molecule has 0 spiro atoms. The molecule has 0 fully saturated rings. The molecular weight excluding hydrogens is 346 g/mol. The van der Waals surface area contributed by atoms with Gasteiger partial charge in [0.2, 0.25) is 0 Å². The highest BCUT2D eigenvalue weighted by atomic mass is 16.5. The molecule has 1 atom stereocenters. The summed E-state index contributed by atoms with van der Waals surface area (Å²) in [7, 11) is 0. The van der Waals surface area contributed by atoms with Gasteiger partial charge in [-0.15, -0.1) is 0 Å². The van der Waals surface area contributed by atoms with Crippen molar-refractivity contribution in [2.45, 2.75) is 45.6 Å². The molecule has 2 rings (SSSR count). The summed E-state index contributed by atoms with van der Waals surface area (Å²) in [5.74, 6) is 6.70. The van der Waals surface area contributed by atoms with Gasteiger partial charge in [0.25, 0.3) is 0 Å². The zero-order chi connectivity index (χ0) is 20.0. The van der Waals surface area contributed by atoms with Crippen LogP contribution < -0.4 is 4.74 Å². The largest absolute Gasteiger partial charge is 0.494 e. The van der Waals surface area contributed by atoms with E-state index < -0.39 is 6.10 Å². The second-order valence-electron chi connectivity index (χ2n) is 6.90. The van der Waals surface area contributed by atoms with E-state index in [0.29, 0.717) is 6.61 Å². The lowest BCUT2D eigenvalue weighted by atomic mass is 10.1. The van der Waals surface area contributed by atoms with E-state index in [1.54, 1.807) is 0 Å². The number of nitrogens with zero attached hydrogens (tertiary/aromatic N) is 1. The van der Waals surface area contributed by atoms with Crippen LogP contribution in [0.15, 0.2) is 54.6 Å². The molecule has 0 radical (unpaired) electrons. The van der Waals surface area contributed by atoms with Crippen molar-refractivity contribution in [1.29, 1.82) is 0 Å². The van der Waals surface area contributed by atoms with Crippen molar-refractivity contribution in [3.05, 3.63) is 65.7 Å². The van der Waals surface area contributed by atoms with Crippen LogP contribution in [0.1, 0.15) is 56.8 Å². The van der Waals surface area contributed by atoms with Gasteiger partial charge in [-0.1, -0.05) is 68.9 Å². The van der Waals surface area contributed by atoms with Crippen LogP contribution in [0.3, 0.4) is 0 Å². The van der Waals surface area contributed by atoms with E-state index in [1.807, 2.05) is 54.6 Å². The molecule has 1 N–H and O–H groups in total. The Labute approximate surface area is 170 Å². The number of rotatable bonds is 11. The minimum atomic E-state index is -0.816. The van der Waals surface area contributed by atoms with Crippen molar-refractivity contribution in [3.63, 3.8) is 0 Å². The fraction of sp³-hybridized carbons (Fsp3) is 0.440. The first-order valence-corrected chi connectivity index (χ1v) is 10.4. The maximum atomic E-state index is 10.3. The Hall–Kier alpha value is -2.28. The third-order valence-corrected chi connectivity index (χ3v) is 4.83. The van der Waals surface area contributed by atoms with Crippen LogP contribution in [0.25, 0.3) is 0 Å². The van der Waals surface area contributed by atoms with Crippen LogP contribution in [0.4, 0.5) is 0 Å². The van der Waals surface area contributed by atoms with Crippen LogP contribution in [-0.4, -0.2) is 36.2 Å². The molecule has 0 amide bonds. The van der Waals surface area contributed by atoms with E-state index in [2.05, 4.69) is 30.6 Å². The molecule has 2 aromatic carbocycles. The van der Waals surface area contributed by atoms with Gasteiger partial charge in [0, 0.05) is 5.56 Å². The van der Waals surface area contributed by atoms with Gasteiger partial charge in [-0.25, -0.2) is 0 Å². The van der Waals surface area contributed by atoms with Crippen molar-refractivity contribution < 1.29 is 9.84 Å². The molecule has 0 heterocycles. The summed E-state index contributed by atoms with van der Waals surface area (Å²) in [6.07, 6.45) is 3.92. The fourth-order valence-corrected chi connectivity index (χ4v) is 3.05. The van der Waals surface area contributed by atoms with Crippen molar-refractivity contribution in [1.82, 2.24) is 4.90 Å². The highest BCUT2D eigenvalue weighted by Crippen LogP contribution is 2.19. The second-order valence-corrected chi connectivity index (χ2v) is 6.90. The molecule has 0 aromatic heterocycles. The fourth-order valence-electron chi connectivity index (χ4n) is 3.05. The number of aliphatic hydroxyl groups is 1. The summed E-state index contributed by atoms with van der Waals surface area (Å²) in [4.78, 5) is 2.47. The molecule has 0 bridgehead atoms. The smallest absolute Gasteiger partial charge is 0.140 e. The summed E-state index contributed by atoms with van der Waals surface area (Å²) in [6, 6.07) is 17.3. The first-order valence-electron chi connectivity index (χ1n) is 10.4. The summed E-state index contributed by atoms with van der Waals surface area (Å²) in [6.45, 7) is 8.61. The van der Waals surface area contributed by atoms with Gasteiger partial charge in [-0.05, 0) is 62.3 Å². The Morgan fingerprint density at radius 1 is 0.929 bits per heavy atom. The van der Waals surface area contributed by atoms with Gasteiger partial charge in [-0.2, -0.15) is 0 Å². The normalized spacial score (nSPS) is 11.7. The van der Waals surface area contributed by atoms with Gasteiger partial charge in [0.05, 0.1) is 6.61 Å². The van der Waals surface area contributed by atoms with E-state index in [1.165, 1.54) is 25.8 Å². The molecule has 0 aliphatic heterocycles. The lowest BCUT2D eigenvalue weighted by Gasteiger charge is -2.17. The average Bonchev–Trinajstić information content (AvgIpc) is 2.75. The summed E-state index contributed by atoms with van der Waals surface area (Å²) in [5.41, 5.74) is 1.66. The van der Waals surface area contributed by atoms with Crippen molar-refractivity contribution in [2.24, 2.45) is 0 Å². The van der Waals surface area contributed by atoms with E-state index in [-0.39, 0.29) is 0 Å². The monoisotopic (exact) mass is 379 g/mol. The first kappa shape index (κ1) is 22.0. The third kappa shape index (κ3) is 8.17. The van der Waals surface area contributed by atoms with Gasteiger partial charge < -0.3 is 14.7 Å². The lowest BCUT2D eigenvalue weighted by Crippen LogP contribution is -2.23. The molecule has 28 heavy (non-hydrogen) atoms. The number of aliphatic hydroxyl groups excluding tert-OH is 1. The molecule has 0 saturated carbocycles. The predicted octanol–water partition coefficient (Wildman–Crippen LogP) is 5.05. The molecule has 0 aliphatic carbocycles. The van der Waals surface area contributed by atoms with Gasteiger partial charge in [0.15, 0.2) is 0 Å². The van der Waals surface area contributed by atoms with Crippen LogP contribution in [0, 0.1) is 11.8 Å². The zero-order valence-electron chi connectivity index (χ0n) is 17.2. The number of benzene rings is 2. The van der Waals surface area contributed by atoms with Crippen molar-refractivity contribution in [2.75, 3.05) is 26.2 Å². The van der Waals surface area contributed by atoms with Crippen molar-refractivity contribution in [3.8, 4) is 17.6 Å². The quantitative estimate of drug-likeness (QED) is 0.438. The Morgan fingerprint density at radius 2 is 1.68 bits per heavy atom. The van der Waals surface area contributed by atoms with Crippen molar-refractivity contribution >= 4 is 0 Å². The summed E-state index contributed by atoms with van der Waals surface area (Å²) >= 11 is 0. The highest BCUT2D eigenvalue weighted by molar-refractivity contribution is 5.38. The van der Waals surface area contributed by atoms with Crippen LogP contribution in [0.2, 0.25) is 0 Å². The maximum Gasteiger partial charge on any atom is 0.140 e. The number of hydrogen-bond donors (Lipinski definition) is 1. The van der Waals surface area contributed by atoms with Crippen LogP contribution in [0.5, 0.6) is 5.75 Å². The first-order chi connectivity index (χ1) is 13.7. The standard InChI is InChI=1S/C25H33NO2/c1-3-26(4-2)19-10-5-6-11-20-28-24-16-12-15-23(21-24)25(27)18-17-22-13-8-7-9-14-22/h7-9,12-16,21,25,27H,3-6,10-11,19-20H2,1-2H3. The third-order valence-electron chi connectivity index (χ3n) is 4.83. The molecule has 150 valence electrons. The minimum Gasteiger partial charge on any atom is -0.494 e. The number of ether oxygens (including phenoxy) is 1. The van der Waals surface area contributed by atoms with E-state index in [4.69, 9.17) is 4.74 Å². The lowest BCUT2D eigenvalue weighted by molar-refractivity contribution is 0.237. The SMILES string of the molecule is CCN(CC)CCCCCCOc1cccc(C(O)C#Cc2ccccc2)c1. The Bertz CT molecular complexity index is 729. The maximum absolute atomic E-state index is 10.3. The Kier molecular flexibility index (Phi) is 10.2. The summed E-state index contributed by atoms with van der Waals surface area (Å²) in [5, 5.41) is 10.3. The predicted molar refractivity (Wildman–Crippen MR) is 116 cm³/mol. The molecule has 3 nitrogen and oxygen atoms in total. The minimum absolute atomic E-state index is 0.709. The Balaban J connectivity index is 1.72. The topological polar surface area (TPSA) is 32.7 Å². The number of unbranched alkanes of at least 4 members (excludes halogenated alkanes) is 3. The van der Waals surface area contributed by atoms with Gasteiger partial charge >= 0.3 is 0 Å². The Morgan fingerprint density at radius 3 is 2.43 bits per heavy atom. The molecule has 1 unspecified atom stereocenters. The molecule has 0 aliphatic rings. The molecule has 2 aromatic rings. The molecule has 0 saturated heterocycles. The summed E-state index contributed by atoms with van der Waals surface area (Å²) < 4.78 is 5.86.